The zero-order chi connectivity index (χ0) is 14.9. The number of carboxylic acid groups (broad SMARTS) is 2. The van der Waals surface area contributed by atoms with Crippen LogP contribution in [0.3, 0.4) is 0 Å². The number of benzene rings is 1. The molecule has 0 saturated heterocycles. The quantitative estimate of drug-likeness (QED) is 0.605. The molecule has 1 unspecified atom stereocenters. The van der Waals surface area contributed by atoms with Crippen LogP contribution in [0.15, 0.2) is 24.3 Å². The second kappa shape index (κ2) is 5.12. The van der Waals surface area contributed by atoms with E-state index in [9.17, 15) is 19.2 Å². The third-order valence-electron chi connectivity index (χ3n) is 3.06. The summed E-state index contributed by atoms with van der Waals surface area (Å²) in [6.45, 7) is -0.342. The monoisotopic (exact) mass is 277 g/mol. The van der Waals surface area contributed by atoms with Gasteiger partial charge in [-0.2, -0.15) is 0 Å². The van der Waals surface area contributed by atoms with Crippen molar-refractivity contribution in [2.45, 2.75) is 12.3 Å². The van der Waals surface area contributed by atoms with Crippen LogP contribution in [0.4, 0.5) is 0 Å². The van der Waals surface area contributed by atoms with Gasteiger partial charge in [-0.3, -0.25) is 24.1 Å². The fourth-order valence-corrected chi connectivity index (χ4v) is 2.14. The second-order valence-corrected chi connectivity index (χ2v) is 4.30. The Morgan fingerprint density at radius 3 is 2.40 bits per heavy atom. The van der Waals surface area contributed by atoms with Crippen LogP contribution in [-0.2, 0) is 14.4 Å². The number of hydrogen-bond donors (Lipinski definition) is 2. The first-order valence-electron chi connectivity index (χ1n) is 5.82. The maximum absolute atomic E-state index is 12.1. The molecule has 1 atom stereocenters. The Bertz CT molecular complexity index is 609. The molecule has 0 saturated carbocycles. The van der Waals surface area contributed by atoms with Crippen molar-refractivity contribution >= 4 is 23.8 Å². The Hall–Kier alpha value is -2.70. The topological polar surface area (TPSA) is 112 Å². The Morgan fingerprint density at radius 1 is 1.15 bits per heavy atom. The van der Waals surface area contributed by atoms with Crippen LogP contribution >= 0.6 is 0 Å². The maximum atomic E-state index is 12.1. The Kier molecular flexibility index (Phi) is 3.51. The second-order valence-electron chi connectivity index (χ2n) is 4.30. The normalized spacial score (nSPS) is 17.8. The summed E-state index contributed by atoms with van der Waals surface area (Å²) in [5.41, 5.74) is 0.256. The SMILES string of the molecule is O=C(O)CCN1C(=O)c2ccccc2C(C(=O)O)C1=O. The number of fused-ring (bicyclic) bond motifs is 1. The van der Waals surface area contributed by atoms with Crippen molar-refractivity contribution in [1.29, 1.82) is 0 Å². The minimum absolute atomic E-state index is 0.116. The molecule has 20 heavy (non-hydrogen) atoms. The van der Waals surface area contributed by atoms with Gasteiger partial charge in [0.1, 0.15) is 0 Å². The van der Waals surface area contributed by atoms with Crippen molar-refractivity contribution in [2.24, 2.45) is 0 Å². The van der Waals surface area contributed by atoms with Crippen LogP contribution in [0.25, 0.3) is 0 Å². The van der Waals surface area contributed by atoms with E-state index in [0.29, 0.717) is 4.90 Å². The summed E-state index contributed by atoms with van der Waals surface area (Å²) in [5.74, 6) is -5.57. The lowest BCUT2D eigenvalue weighted by Crippen LogP contribution is -2.47. The minimum atomic E-state index is -1.47. The lowest BCUT2D eigenvalue weighted by Gasteiger charge is -2.30. The average Bonchev–Trinajstić information content (AvgIpc) is 2.38. The number of carbonyl (C=O) groups is 4. The van der Waals surface area contributed by atoms with Crippen molar-refractivity contribution in [3.63, 3.8) is 0 Å². The molecular weight excluding hydrogens is 266 g/mol. The van der Waals surface area contributed by atoms with Crippen LogP contribution in [-0.4, -0.2) is 45.4 Å². The lowest BCUT2D eigenvalue weighted by atomic mass is 9.88. The van der Waals surface area contributed by atoms with Crippen LogP contribution in [0.1, 0.15) is 28.3 Å². The van der Waals surface area contributed by atoms with Crippen molar-refractivity contribution in [3.05, 3.63) is 35.4 Å². The fourth-order valence-electron chi connectivity index (χ4n) is 2.14. The summed E-state index contributed by atoms with van der Waals surface area (Å²) in [6.07, 6.45) is -0.425. The molecule has 0 aromatic heterocycles. The van der Waals surface area contributed by atoms with Gasteiger partial charge in [0.15, 0.2) is 5.92 Å². The van der Waals surface area contributed by atoms with Gasteiger partial charge in [0, 0.05) is 12.1 Å². The molecule has 0 spiro atoms. The molecule has 1 aliphatic rings. The molecule has 0 aliphatic carbocycles. The van der Waals surface area contributed by atoms with E-state index in [1.54, 1.807) is 12.1 Å². The van der Waals surface area contributed by atoms with E-state index in [-0.39, 0.29) is 17.7 Å². The number of carbonyl (C=O) groups excluding carboxylic acids is 2. The van der Waals surface area contributed by atoms with Gasteiger partial charge in [-0.15, -0.1) is 0 Å². The molecule has 0 bridgehead atoms. The molecule has 1 aliphatic heterocycles. The molecule has 1 aromatic rings. The minimum Gasteiger partial charge on any atom is -0.481 e. The summed E-state index contributed by atoms with van der Waals surface area (Å²) in [7, 11) is 0. The molecule has 7 nitrogen and oxygen atoms in total. The van der Waals surface area contributed by atoms with Crippen LogP contribution in [0.2, 0.25) is 0 Å². The molecule has 2 N–H and O–H groups in total. The first kappa shape index (κ1) is 13.7. The Morgan fingerprint density at radius 2 is 1.80 bits per heavy atom. The van der Waals surface area contributed by atoms with Gasteiger partial charge in [-0.1, -0.05) is 18.2 Å². The lowest BCUT2D eigenvalue weighted by molar-refractivity contribution is -0.146. The summed E-state index contributed by atoms with van der Waals surface area (Å²) >= 11 is 0. The third kappa shape index (κ3) is 2.25. The molecule has 7 heteroatoms. The molecular formula is C13H11NO6. The van der Waals surface area contributed by atoms with E-state index < -0.39 is 36.1 Å². The fraction of sp³-hybridized carbons (Fsp3) is 0.231. The zero-order valence-corrected chi connectivity index (χ0v) is 10.3. The van der Waals surface area contributed by atoms with E-state index in [4.69, 9.17) is 10.2 Å². The summed E-state index contributed by atoms with van der Waals surface area (Å²) in [5, 5.41) is 17.8. The Labute approximate surface area is 113 Å². The number of carboxylic acids is 2. The smallest absolute Gasteiger partial charge is 0.320 e. The highest BCUT2D eigenvalue weighted by Gasteiger charge is 2.42. The van der Waals surface area contributed by atoms with Crippen molar-refractivity contribution in [2.75, 3.05) is 6.54 Å². The molecule has 1 aromatic carbocycles. The largest absolute Gasteiger partial charge is 0.481 e. The van der Waals surface area contributed by atoms with Gasteiger partial charge in [-0.05, 0) is 11.6 Å². The van der Waals surface area contributed by atoms with Crippen molar-refractivity contribution in [1.82, 2.24) is 4.90 Å². The predicted molar refractivity (Wildman–Crippen MR) is 65.1 cm³/mol. The molecule has 0 radical (unpaired) electrons. The van der Waals surface area contributed by atoms with E-state index in [0.717, 1.165) is 0 Å². The van der Waals surface area contributed by atoms with E-state index in [2.05, 4.69) is 0 Å². The molecule has 1 heterocycles. The molecule has 2 rings (SSSR count). The van der Waals surface area contributed by atoms with E-state index in [1.165, 1.54) is 12.1 Å². The first-order valence-corrected chi connectivity index (χ1v) is 5.82. The highest BCUT2D eigenvalue weighted by Crippen LogP contribution is 2.29. The van der Waals surface area contributed by atoms with Crippen LogP contribution in [0.5, 0.6) is 0 Å². The number of imide groups is 1. The highest BCUT2D eigenvalue weighted by atomic mass is 16.4. The standard InChI is InChI=1S/C13H11NO6/c15-9(16)5-6-14-11(17)8-4-2-1-3-7(8)10(12(14)18)13(19)20/h1-4,10H,5-6H2,(H,15,16)(H,19,20). The number of aliphatic carboxylic acids is 2. The molecule has 0 fully saturated rings. The number of hydrogen-bond acceptors (Lipinski definition) is 4. The van der Waals surface area contributed by atoms with E-state index in [1.807, 2.05) is 0 Å². The van der Waals surface area contributed by atoms with Gasteiger partial charge in [-0.25, -0.2) is 0 Å². The number of nitrogens with zero attached hydrogens (tertiary/aromatic N) is 1. The number of rotatable bonds is 4. The average molecular weight is 277 g/mol. The summed E-state index contributed by atoms with van der Waals surface area (Å²) < 4.78 is 0. The predicted octanol–water partition coefficient (Wildman–Crippen LogP) is 0.312. The number of amides is 2. The first-order chi connectivity index (χ1) is 9.43. The van der Waals surface area contributed by atoms with Gasteiger partial charge in [0.05, 0.1) is 6.42 Å². The third-order valence-corrected chi connectivity index (χ3v) is 3.06. The zero-order valence-electron chi connectivity index (χ0n) is 10.3. The molecule has 104 valence electrons. The Balaban J connectivity index is 2.44. The van der Waals surface area contributed by atoms with Gasteiger partial charge < -0.3 is 10.2 Å². The van der Waals surface area contributed by atoms with Gasteiger partial charge in [0.2, 0.25) is 5.91 Å². The van der Waals surface area contributed by atoms with Crippen LogP contribution < -0.4 is 0 Å². The summed E-state index contributed by atoms with van der Waals surface area (Å²) in [4.78, 5) is 46.7. The van der Waals surface area contributed by atoms with Crippen molar-refractivity contribution in [3.8, 4) is 0 Å². The molecule has 2 amide bonds. The van der Waals surface area contributed by atoms with Crippen molar-refractivity contribution < 1.29 is 29.4 Å². The van der Waals surface area contributed by atoms with E-state index >= 15 is 0 Å². The highest BCUT2D eigenvalue weighted by molar-refractivity contribution is 6.17. The maximum Gasteiger partial charge on any atom is 0.320 e. The van der Waals surface area contributed by atoms with Crippen LogP contribution in [0, 0.1) is 0 Å². The van der Waals surface area contributed by atoms with Gasteiger partial charge in [0.25, 0.3) is 5.91 Å². The van der Waals surface area contributed by atoms with Gasteiger partial charge >= 0.3 is 11.9 Å². The summed E-state index contributed by atoms with van der Waals surface area (Å²) in [6, 6.07) is 5.94.